The summed E-state index contributed by atoms with van der Waals surface area (Å²) in [7, 11) is 0. The third-order valence-electron chi connectivity index (χ3n) is 4.52. The van der Waals surface area contributed by atoms with Crippen LogP contribution in [0.5, 0.6) is 0 Å². The Labute approximate surface area is 123 Å². The average molecular weight is 289 g/mol. The number of benzene rings is 1. The van der Waals surface area contributed by atoms with Crippen molar-refractivity contribution >= 4 is 17.2 Å². The zero-order valence-corrected chi connectivity index (χ0v) is 12.3. The van der Waals surface area contributed by atoms with Crippen LogP contribution in [-0.2, 0) is 6.42 Å². The third-order valence-corrected chi connectivity index (χ3v) is 4.52. The number of allylic oxidation sites excluding steroid dienone is 2. The van der Waals surface area contributed by atoms with Gasteiger partial charge in [-0.1, -0.05) is 5.57 Å². The lowest BCUT2D eigenvalue weighted by molar-refractivity contribution is 0.0999. The molecule has 0 radical (unpaired) electrons. The van der Waals surface area contributed by atoms with Gasteiger partial charge in [-0.05, 0) is 50.4 Å². The molecule has 5 heteroatoms. The predicted octanol–water partition coefficient (Wildman–Crippen LogP) is 2.05. The fraction of sp³-hybridized carbons (Fsp3) is 0.438. The van der Waals surface area contributed by atoms with Crippen molar-refractivity contribution in [3.8, 4) is 0 Å². The normalized spacial score (nSPS) is 20.8. The number of anilines is 1. The number of amides is 1. The summed E-state index contributed by atoms with van der Waals surface area (Å²) in [5.74, 6) is -0.967. The fourth-order valence-corrected chi connectivity index (χ4v) is 3.24. The van der Waals surface area contributed by atoms with Crippen LogP contribution in [-0.4, -0.2) is 25.0 Å². The molecule has 1 amide bonds. The standard InChI is InChI=1S/C16H20FN3O/c1-8-5-11-12(16(18)21)6-13(17)15(14(11)9(8)2)20-10-3-4-19-7-10/h6,10,19-20H,3-5,7H2,1-2H3,(H2,18,21)/t10-/m0/s1. The van der Waals surface area contributed by atoms with Gasteiger partial charge in [-0.15, -0.1) is 0 Å². The van der Waals surface area contributed by atoms with Gasteiger partial charge in [0.1, 0.15) is 5.82 Å². The molecule has 4 nitrogen and oxygen atoms in total. The number of carbonyl (C=O) groups is 1. The Hall–Kier alpha value is -1.88. The van der Waals surface area contributed by atoms with Crippen molar-refractivity contribution in [2.75, 3.05) is 18.4 Å². The van der Waals surface area contributed by atoms with Gasteiger partial charge in [-0.3, -0.25) is 4.79 Å². The molecule has 3 rings (SSSR count). The number of hydrogen-bond acceptors (Lipinski definition) is 3. The van der Waals surface area contributed by atoms with E-state index in [0.29, 0.717) is 17.7 Å². The Bertz CT molecular complexity index is 645. The maximum atomic E-state index is 14.5. The van der Waals surface area contributed by atoms with Crippen LogP contribution in [0.2, 0.25) is 0 Å². The summed E-state index contributed by atoms with van der Waals surface area (Å²) >= 11 is 0. The maximum absolute atomic E-state index is 14.5. The van der Waals surface area contributed by atoms with Gasteiger partial charge >= 0.3 is 0 Å². The number of hydrogen-bond donors (Lipinski definition) is 3. The monoisotopic (exact) mass is 289 g/mol. The first-order valence-electron chi connectivity index (χ1n) is 7.28. The number of nitrogens with two attached hydrogens (primary N) is 1. The van der Waals surface area contributed by atoms with E-state index in [2.05, 4.69) is 10.6 Å². The minimum atomic E-state index is -0.568. The van der Waals surface area contributed by atoms with E-state index in [1.807, 2.05) is 13.8 Å². The summed E-state index contributed by atoms with van der Waals surface area (Å²) in [5, 5.41) is 6.56. The molecule has 1 aliphatic heterocycles. The summed E-state index contributed by atoms with van der Waals surface area (Å²) in [4.78, 5) is 11.6. The molecule has 1 aromatic carbocycles. The van der Waals surface area contributed by atoms with E-state index in [1.165, 1.54) is 6.07 Å². The van der Waals surface area contributed by atoms with Crippen LogP contribution in [0, 0.1) is 5.82 Å². The second-order valence-electron chi connectivity index (χ2n) is 5.91. The van der Waals surface area contributed by atoms with E-state index >= 15 is 0 Å². The van der Waals surface area contributed by atoms with E-state index in [9.17, 15) is 9.18 Å². The average Bonchev–Trinajstić information content (AvgIpc) is 3.02. The van der Waals surface area contributed by atoms with Crippen LogP contribution in [0.3, 0.4) is 0 Å². The fourth-order valence-electron chi connectivity index (χ4n) is 3.24. The quantitative estimate of drug-likeness (QED) is 0.798. The Morgan fingerprint density at radius 2 is 2.24 bits per heavy atom. The largest absolute Gasteiger partial charge is 0.378 e. The van der Waals surface area contributed by atoms with Crippen molar-refractivity contribution in [2.45, 2.75) is 32.7 Å². The number of rotatable bonds is 3. The molecule has 0 saturated carbocycles. The molecule has 1 heterocycles. The molecule has 1 saturated heterocycles. The van der Waals surface area contributed by atoms with Gasteiger partial charge in [-0.2, -0.15) is 0 Å². The summed E-state index contributed by atoms with van der Waals surface area (Å²) in [6, 6.07) is 1.49. The Morgan fingerprint density at radius 3 is 2.86 bits per heavy atom. The first-order chi connectivity index (χ1) is 9.99. The third kappa shape index (κ3) is 2.31. The van der Waals surface area contributed by atoms with Gasteiger partial charge in [0.2, 0.25) is 5.91 Å². The number of carbonyl (C=O) groups excluding carboxylic acids is 1. The van der Waals surface area contributed by atoms with E-state index in [0.717, 1.165) is 41.8 Å². The zero-order chi connectivity index (χ0) is 15.1. The second-order valence-corrected chi connectivity index (χ2v) is 5.91. The number of halogens is 1. The predicted molar refractivity (Wildman–Crippen MR) is 81.8 cm³/mol. The SMILES string of the molecule is CC1=C(C)c2c(c(C(N)=O)cc(F)c2N[C@H]2CCNC2)C1. The Morgan fingerprint density at radius 1 is 1.48 bits per heavy atom. The van der Waals surface area contributed by atoms with Crippen molar-refractivity contribution in [3.63, 3.8) is 0 Å². The molecule has 1 fully saturated rings. The summed E-state index contributed by atoms with van der Waals surface area (Å²) in [6.07, 6.45) is 1.63. The first kappa shape index (κ1) is 14.1. The number of primary amides is 1. The van der Waals surface area contributed by atoms with Crippen molar-refractivity contribution in [3.05, 3.63) is 34.1 Å². The molecule has 1 aliphatic carbocycles. The lowest BCUT2D eigenvalue weighted by Crippen LogP contribution is -2.24. The minimum Gasteiger partial charge on any atom is -0.378 e. The molecule has 21 heavy (non-hydrogen) atoms. The van der Waals surface area contributed by atoms with E-state index in [-0.39, 0.29) is 6.04 Å². The number of fused-ring (bicyclic) bond motifs is 1. The van der Waals surface area contributed by atoms with Crippen molar-refractivity contribution in [1.29, 1.82) is 0 Å². The van der Waals surface area contributed by atoms with E-state index < -0.39 is 11.7 Å². The van der Waals surface area contributed by atoms with E-state index in [4.69, 9.17) is 5.73 Å². The molecular formula is C16H20FN3O. The van der Waals surface area contributed by atoms with Gasteiger partial charge in [0.25, 0.3) is 0 Å². The molecule has 4 N–H and O–H groups in total. The molecule has 0 unspecified atom stereocenters. The van der Waals surface area contributed by atoms with Crippen molar-refractivity contribution in [1.82, 2.24) is 5.32 Å². The first-order valence-corrected chi connectivity index (χ1v) is 7.28. The van der Waals surface area contributed by atoms with Crippen molar-refractivity contribution < 1.29 is 9.18 Å². The van der Waals surface area contributed by atoms with E-state index in [1.54, 1.807) is 0 Å². The molecule has 0 spiro atoms. The smallest absolute Gasteiger partial charge is 0.249 e. The highest BCUT2D eigenvalue weighted by molar-refractivity contribution is 5.99. The van der Waals surface area contributed by atoms with Crippen LogP contribution >= 0.6 is 0 Å². The van der Waals surface area contributed by atoms with Crippen LogP contribution in [0.25, 0.3) is 5.57 Å². The molecule has 112 valence electrons. The summed E-state index contributed by atoms with van der Waals surface area (Å²) in [6.45, 7) is 5.75. The Kier molecular flexibility index (Phi) is 3.45. The van der Waals surface area contributed by atoms with Crippen molar-refractivity contribution in [2.24, 2.45) is 5.73 Å². The molecule has 2 aliphatic rings. The van der Waals surface area contributed by atoms with Gasteiger partial charge < -0.3 is 16.4 Å². The Balaban J connectivity index is 2.11. The highest BCUT2D eigenvalue weighted by Gasteiger charge is 2.28. The van der Waals surface area contributed by atoms with Gasteiger partial charge in [-0.25, -0.2) is 4.39 Å². The maximum Gasteiger partial charge on any atom is 0.249 e. The molecule has 0 bridgehead atoms. The topological polar surface area (TPSA) is 67.2 Å². The van der Waals surface area contributed by atoms with Gasteiger partial charge in [0.15, 0.2) is 0 Å². The highest BCUT2D eigenvalue weighted by Crippen LogP contribution is 2.41. The van der Waals surface area contributed by atoms with Gasteiger partial charge in [0, 0.05) is 23.7 Å². The van der Waals surface area contributed by atoms with Gasteiger partial charge in [0.05, 0.1) is 5.69 Å². The van der Waals surface area contributed by atoms with Crippen LogP contribution < -0.4 is 16.4 Å². The highest BCUT2D eigenvalue weighted by atomic mass is 19.1. The molecular weight excluding hydrogens is 269 g/mol. The molecule has 1 aromatic rings. The minimum absolute atomic E-state index is 0.219. The van der Waals surface area contributed by atoms with Crippen LogP contribution in [0.1, 0.15) is 41.8 Å². The molecule has 1 atom stereocenters. The zero-order valence-electron chi connectivity index (χ0n) is 12.3. The molecule has 0 aromatic heterocycles. The lowest BCUT2D eigenvalue weighted by Gasteiger charge is -2.19. The van der Waals surface area contributed by atoms with Crippen LogP contribution in [0.15, 0.2) is 11.6 Å². The van der Waals surface area contributed by atoms with Crippen LogP contribution in [0.4, 0.5) is 10.1 Å². The lowest BCUT2D eigenvalue weighted by atomic mass is 9.97. The summed E-state index contributed by atoms with van der Waals surface area (Å²) < 4.78 is 14.5. The second kappa shape index (κ2) is 5.15. The number of nitrogens with one attached hydrogen (secondary N) is 2. The summed E-state index contributed by atoms with van der Waals surface area (Å²) in [5.41, 5.74) is 10.1.